The number of halogens is 1. The summed E-state index contributed by atoms with van der Waals surface area (Å²) < 4.78 is 0. The highest BCUT2D eigenvalue weighted by atomic mass is 35.5. The van der Waals surface area contributed by atoms with Gasteiger partial charge in [-0.15, -0.1) is 0 Å². The molecule has 1 saturated heterocycles. The second-order valence-corrected chi connectivity index (χ2v) is 7.66. The van der Waals surface area contributed by atoms with E-state index in [9.17, 15) is 0 Å². The normalized spacial score (nSPS) is 24.3. The van der Waals surface area contributed by atoms with Crippen molar-refractivity contribution in [3.8, 4) is 0 Å². The first-order chi connectivity index (χ1) is 11.2. The van der Waals surface area contributed by atoms with Crippen LogP contribution in [-0.2, 0) is 6.42 Å². The van der Waals surface area contributed by atoms with Gasteiger partial charge >= 0.3 is 0 Å². The number of likely N-dealkylation sites (tertiary alicyclic amines) is 1. The van der Waals surface area contributed by atoms with Gasteiger partial charge in [0.15, 0.2) is 0 Å². The summed E-state index contributed by atoms with van der Waals surface area (Å²) in [5.41, 5.74) is 2.03. The smallest absolute Gasteiger partial charge is 0.108 e. The van der Waals surface area contributed by atoms with Gasteiger partial charge in [-0.3, -0.25) is 4.90 Å². The molecule has 4 rings (SSSR count). The Morgan fingerprint density at radius 1 is 1.35 bits per heavy atom. The fourth-order valence-corrected chi connectivity index (χ4v) is 4.33. The van der Waals surface area contributed by atoms with Gasteiger partial charge in [0.05, 0.1) is 11.0 Å². The molecule has 2 fully saturated rings. The zero-order chi connectivity index (χ0) is 15.8. The van der Waals surface area contributed by atoms with Gasteiger partial charge in [-0.05, 0) is 50.4 Å². The van der Waals surface area contributed by atoms with Crippen LogP contribution in [0.15, 0.2) is 18.2 Å². The molecule has 0 unspecified atom stereocenters. The Bertz CT molecular complexity index is 683. The third-order valence-electron chi connectivity index (χ3n) is 5.51. The van der Waals surface area contributed by atoms with Crippen LogP contribution in [0.4, 0.5) is 0 Å². The summed E-state index contributed by atoms with van der Waals surface area (Å²) >= 11 is 6.02. The second kappa shape index (κ2) is 6.42. The summed E-state index contributed by atoms with van der Waals surface area (Å²) in [5.74, 6) is 2.04. The molecule has 2 bridgehead atoms. The van der Waals surface area contributed by atoms with Crippen LogP contribution in [0.2, 0.25) is 5.02 Å². The monoisotopic (exact) mass is 332 g/mol. The highest BCUT2D eigenvalue weighted by molar-refractivity contribution is 6.31. The number of H-pyrrole nitrogens is 1. The zero-order valence-electron chi connectivity index (χ0n) is 13.8. The van der Waals surface area contributed by atoms with E-state index in [1.165, 1.54) is 32.4 Å². The highest BCUT2D eigenvalue weighted by Crippen LogP contribution is 2.36. The molecule has 0 radical (unpaired) electrons. The lowest BCUT2D eigenvalue weighted by Gasteiger charge is -2.28. The molecule has 23 heavy (non-hydrogen) atoms. The Hall–Kier alpha value is -1.10. The van der Waals surface area contributed by atoms with E-state index >= 15 is 0 Å². The van der Waals surface area contributed by atoms with E-state index in [2.05, 4.69) is 26.8 Å². The Morgan fingerprint density at radius 2 is 2.26 bits per heavy atom. The lowest BCUT2D eigenvalue weighted by atomic mass is 10.1. The molecular weight excluding hydrogens is 308 g/mol. The van der Waals surface area contributed by atoms with Gasteiger partial charge in [0.1, 0.15) is 5.82 Å². The number of piperidine rings is 1. The van der Waals surface area contributed by atoms with Crippen LogP contribution in [0.3, 0.4) is 0 Å². The van der Waals surface area contributed by atoms with Crippen molar-refractivity contribution in [2.24, 2.45) is 5.92 Å². The number of aromatic nitrogens is 2. The average molecular weight is 333 g/mol. The first-order valence-corrected chi connectivity index (χ1v) is 9.12. The van der Waals surface area contributed by atoms with Crippen LogP contribution in [0.5, 0.6) is 0 Å². The van der Waals surface area contributed by atoms with Crippen LogP contribution >= 0.6 is 11.6 Å². The number of imidazole rings is 1. The summed E-state index contributed by atoms with van der Waals surface area (Å²) in [4.78, 5) is 13.1. The molecule has 4 nitrogen and oxygen atoms in total. The molecule has 2 aliphatic rings. The molecule has 2 atom stereocenters. The molecule has 1 aliphatic heterocycles. The maximum absolute atomic E-state index is 6.02. The number of aromatic amines is 1. The molecule has 1 aromatic carbocycles. The van der Waals surface area contributed by atoms with Crippen molar-refractivity contribution < 1.29 is 0 Å². The Balaban J connectivity index is 1.26. The minimum Gasteiger partial charge on any atom is -0.342 e. The van der Waals surface area contributed by atoms with Crippen LogP contribution in [0.25, 0.3) is 11.0 Å². The summed E-state index contributed by atoms with van der Waals surface area (Å²) in [6.07, 6.45) is 5.29. The van der Waals surface area contributed by atoms with Gasteiger partial charge in [0.25, 0.3) is 0 Å². The van der Waals surface area contributed by atoms with Crippen LogP contribution in [0, 0.1) is 5.92 Å². The zero-order valence-corrected chi connectivity index (χ0v) is 14.5. The lowest BCUT2D eigenvalue weighted by Crippen LogP contribution is -2.38. The summed E-state index contributed by atoms with van der Waals surface area (Å²) in [5, 5.41) is 0.754. The topological polar surface area (TPSA) is 35.2 Å². The second-order valence-electron chi connectivity index (χ2n) is 7.23. The average Bonchev–Trinajstić information content (AvgIpc) is 3.24. The van der Waals surface area contributed by atoms with E-state index in [4.69, 9.17) is 11.6 Å². The minimum absolute atomic E-state index is 0.754. The van der Waals surface area contributed by atoms with E-state index in [0.29, 0.717) is 0 Å². The number of likely N-dealkylation sites (N-methyl/N-ethyl adjacent to an activating group) is 1. The number of fused-ring (bicyclic) bond motifs is 3. The quantitative estimate of drug-likeness (QED) is 0.882. The Kier molecular flexibility index (Phi) is 4.31. The molecule has 124 valence electrons. The lowest BCUT2D eigenvalue weighted by molar-refractivity contribution is 0.184. The fourth-order valence-electron chi connectivity index (χ4n) is 4.16. The summed E-state index contributed by atoms with van der Waals surface area (Å²) in [6.45, 7) is 4.74. The fraction of sp³-hybridized carbons (Fsp3) is 0.611. The van der Waals surface area contributed by atoms with Gasteiger partial charge in [0, 0.05) is 43.7 Å². The number of nitrogens with zero attached hydrogens (tertiary/aromatic N) is 3. The number of rotatable bonds is 6. The van der Waals surface area contributed by atoms with Gasteiger partial charge in [0.2, 0.25) is 0 Å². The number of hydrogen-bond donors (Lipinski definition) is 1. The van der Waals surface area contributed by atoms with Crippen molar-refractivity contribution in [1.82, 2.24) is 19.8 Å². The van der Waals surface area contributed by atoms with E-state index in [1.54, 1.807) is 0 Å². The van der Waals surface area contributed by atoms with E-state index in [1.807, 2.05) is 18.2 Å². The molecule has 1 aromatic heterocycles. The van der Waals surface area contributed by atoms with Gasteiger partial charge in [-0.2, -0.15) is 0 Å². The van der Waals surface area contributed by atoms with Crippen molar-refractivity contribution in [1.29, 1.82) is 0 Å². The number of benzene rings is 1. The Labute approximate surface area is 142 Å². The first-order valence-electron chi connectivity index (χ1n) is 8.74. The largest absolute Gasteiger partial charge is 0.342 e. The molecule has 2 aromatic rings. The van der Waals surface area contributed by atoms with Gasteiger partial charge in [-0.1, -0.05) is 11.6 Å². The Morgan fingerprint density at radius 3 is 3.04 bits per heavy atom. The maximum Gasteiger partial charge on any atom is 0.108 e. The molecule has 1 saturated carbocycles. The van der Waals surface area contributed by atoms with Crippen molar-refractivity contribution in [2.75, 3.05) is 33.2 Å². The minimum atomic E-state index is 0.754. The predicted molar refractivity (Wildman–Crippen MR) is 95.0 cm³/mol. The summed E-state index contributed by atoms with van der Waals surface area (Å²) in [7, 11) is 2.22. The SMILES string of the molecule is CN(CCc1nc2ccc(Cl)cc2[nH]1)CCN1C[C@@H]2CC[C@H]1C2. The van der Waals surface area contributed by atoms with Crippen molar-refractivity contribution >= 4 is 22.6 Å². The predicted octanol–water partition coefficient (Wildman–Crippen LogP) is 3.17. The molecule has 1 N–H and O–H groups in total. The van der Waals surface area contributed by atoms with Crippen molar-refractivity contribution in [2.45, 2.75) is 31.7 Å². The third kappa shape index (κ3) is 3.39. The molecule has 0 amide bonds. The molecule has 2 heterocycles. The first kappa shape index (κ1) is 15.4. The molecule has 1 aliphatic carbocycles. The van der Waals surface area contributed by atoms with Crippen LogP contribution < -0.4 is 0 Å². The van der Waals surface area contributed by atoms with E-state index < -0.39 is 0 Å². The number of nitrogens with one attached hydrogen (secondary N) is 1. The van der Waals surface area contributed by atoms with E-state index in [0.717, 1.165) is 53.4 Å². The van der Waals surface area contributed by atoms with Gasteiger partial charge in [-0.25, -0.2) is 4.98 Å². The molecular formula is C18H25ClN4. The van der Waals surface area contributed by atoms with Crippen molar-refractivity contribution in [3.63, 3.8) is 0 Å². The standard InChI is InChI=1S/C18H25ClN4/c1-22(8-9-23-12-13-2-4-15(23)10-13)7-6-18-20-16-5-3-14(19)11-17(16)21-18/h3,5,11,13,15H,2,4,6-10,12H2,1H3,(H,20,21)/t13-,15+/m1/s1. The van der Waals surface area contributed by atoms with Crippen LogP contribution in [0.1, 0.15) is 25.1 Å². The van der Waals surface area contributed by atoms with Crippen molar-refractivity contribution in [3.05, 3.63) is 29.0 Å². The van der Waals surface area contributed by atoms with Crippen LogP contribution in [-0.4, -0.2) is 59.0 Å². The highest BCUT2D eigenvalue weighted by Gasteiger charge is 2.37. The maximum atomic E-state index is 6.02. The summed E-state index contributed by atoms with van der Waals surface area (Å²) in [6, 6.07) is 6.70. The third-order valence-corrected chi connectivity index (χ3v) is 5.75. The number of hydrogen-bond acceptors (Lipinski definition) is 3. The van der Waals surface area contributed by atoms with E-state index in [-0.39, 0.29) is 0 Å². The van der Waals surface area contributed by atoms with Gasteiger partial charge < -0.3 is 9.88 Å². The molecule has 0 spiro atoms. The molecule has 5 heteroatoms.